The first-order valence-corrected chi connectivity index (χ1v) is 10.6. The molecule has 1 atom stereocenters. The van der Waals surface area contributed by atoms with E-state index in [2.05, 4.69) is 17.4 Å². The predicted octanol–water partition coefficient (Wildman–Crippen LogP) is 4.00. The van der Waals surface area contributed by atoms with E-state index >= 15 is 0 Å². The Morgan fingerprint density at radius 2 is 1.79 bits per heavy atom. The van der Waals surface area contributed by atoms with Crippen LogP contribution in [0.3, 0.4) is 0 Å². The van der Waals surface area contributed by atoms with Gasteiger partial charge in [0, 0.05) is 36.6 Å². The molecule has 2 amide bonds. The third-order valence-corrected chi connectivity index (χ3v) is 5.42. The lowest BCUT2D eigenvalue weighted by atomic mass is 10.1. The molecule has 1 N–H and O–H groups in total. The number of halogens is 1. The quantitative estimate of drug-likeness (QED) is 0.611. The first kappa shape index (κ1) is 22.0. The lowest BCUT2D eigenvalue weighted by Crippen LogP contribution is -2.47. The Hall–Kier alpha value is -2.34. The molecule has 0 saturated heterocycles. The summed E-state index contributed by atoms with van der Waals surface area (Å²) in [6, 6.07) is 15.7. The highest BCUT2D eigenvalue weighted by Crippen LogP contribution is 2.17. The van der Waals surface area contributed by atoms with Crippen molar-refractivity contribution in [1.29, 1.82) is 0 Å². The molecule has 4 nitrogen and oxygen atoms in total. The highest BCUT2D eigenvalue weighted by molar-refractivity contribution is 7.98. The molecule has 28 heavy (non-hydrogen) atoms. The lowest BCUT2D eigenvalue weighted by Gasteiger charge is -2.29. The minimum absolute atomic E-state index is 0.0765. The Bertz CT molecular complexity index is 770. The molecule has 2 aromatic rings. The zero-order valence-electron chi connectivity index (χ0n) is 16.4. The smallest absolute Gasteiger partial charge is 0.242 e. The Morgan fingerprint density at radius 1 is 1.11 bits per heavy atom. The van der Waals surface area contributed by atoms with Crippen LogP contribution >= 0.6 is 11.8 Å². The van der Waals surface area contributed by atoms with E-state index in [1.165, 1.54) is 16.5 Å². The normalized spacial score (nSPS) is 11.7. The monoisotopic (exact) mass is 402 g/mol. The molecular weight excluding hydrogens is 375 g/mol. The fraction of sp³-hybridized carbons (Fsp3) is 0.364. The Morgan fingerprint density at radius 3 is 2.46 bits per heavy atom. The van der Waals surface area contributed by atoms with E-state index in [4.69, 9.17) is 0 Å². The number of amides is 2. The molecule has 0 spiro atoms. The van der Waals surface area contributed by atoms with Crippen molar-refractivity contribution in [3.05, 3.63) is 71.5 Å². The second kappa shape index (κ2) is 11.5. The number of hydrogen-bond donors (Lipinski definition) is 1. The molecule has 0 heterocycles. The number of benzene rings is 2. The van der Waals surface area contributed by atoms with Crippen molar-refractivity contribution in [1.82, 2.24) is 10.2 Å². The summed E-state index contributed by atoms with van der Waals surface area (Å²) in [6.07, 6.45) is 0.301. The van der Waals surface area contributed by atoms with Crippen LogP contribution in [0.25, 0.3) is 0 Å². The van der Waals surface area contributed by atoms with E-state index in [-0.39, 0.29) is 24.2 Å². The maximum absolute atomic E-state index is 14.1. The third kappa shape index (κ3) is 6.68. The van der Waals surface area contributed by atoms with Gasteiger partial charge in [-0.1, -0.05) is 48.5 Å². The Balaban J connectivity index is 1.99. The van der Waals surface area contributed by atoms with Gasteiger partial charge in [0.25, 0.3) is 0 Å². The number of carbonyl (C=O) groups excluding carboxylic acids is 2. The van der Waals surface area contributed by atoms with Gasteiger partial charge in [-0.2, -0.15) is 11.8 Å². The van der Waals surface area contributed by atoms with Crippen LogP contribution in [0.5, 0.6) is 0 Å². The molecule has 0 aliphatic rings. The van der Waals surface area contributed by atoms with Gasteiger partial charge in [0.15, 0.2) is 0 Å². The molecule has 2 aromatic carbocycles. The van der Waals surface area contributed by atoms with Crippen molar-refractivity contribution in [2.45, 2.75) is 38.6 Å². The second-order valence-corrected chi connectivity index (χ2v) is 7.58. The Kier molecular flexibility index (Phi) is 9.01. The van der Waals surface area contributed by atoms with Gasteiger partial charge in [-0.15, -0.1) is 0 Å². The van der Waals surface area contributed by atoms with E-state index in [1.54, 1.807) is 36.9 Å². The third-order valence-electron chi connectivity index (χ3n) is 4.39. The molecular formula is C22H27FN2O2S. The first-order valence-electron chi connectivity index (χ1n) is 9.45. The molecule has 0 saturated carbocycles. The summed E-state index contributed by atoms with van der Waals surface area (Å²) in [4.78, 5) is 26.6. The first-order chi connectivity index (χ1) is 13.5. The number of hydrogen-bond acceptors (Lipinski definition) is 3. The van der Waals surface area contributed by atoms with Crippen molar-refractivity contribution < 1.29 is 14.0 Å². The molecule has 0 aromatic heterocycles. The standard InChI is InChI=1S/C22H27FN2O2S/c1-3-24-22(27)17(2)25(15-19-11-7-8-12-20(19)23)21(26)13-14-28-16-18-9-5-4-6-10-18/h4-12,17H,3,13-16H2,1-2H3,(H,24,27). The highest BCUT2D eigenvalue weighted by atomic mass is 32.2. The van der Waals surface area contributed by atoms with Crippen LogP contribution in [0, 0.1) is 5.82 Å². The van der Waals surface area contributed by atoms with E-state index < -0.39 is 6.04 Å². The zero-order valence-corrected chi connectivity index (χ0v) is 17.2. The van der Waals surface area contributed by atoms with Gasteiger partial charge in [0.05, 0.1) is 0 Å². The van der Waals surface area contributed by atoms with Gasteiger partial charge in [-0.25, -0.2) is 4.39 Å². The molecule has 150 valence electrons. The van der Waals surface area contributed by atoms with E-state index in [0.29, 0.717) is 24.3 Å². The summed E-state index contributed by atoms with van der Waals surface area (Å²) in [5.74, 6) is 0.713. The van der Waals surface area contributed by atoms with Crippen LogP contribution in [-0.2, 0) is 21.9 Å². The van der Waals surface area contributed by atoms with Crippen molar-refractivity contribution in [2.24, 2.45) is 0 Å². The topological polar surface area (TPSA) is 49.4 Å². The number of thioether (sulfide) groups is 1. The van der Waals surface area contributed by atoms with Crippen LogP contribution in [0.4, 0.5) is 4.39 Å². The second-order valence-electron chi connectivity index (χ2n) is 6.47. The maximum Gasteiger partial charge on any atom is 0.242 e. The molecule has 0 bridgehead atoms. The van der Waals surface area contributed by atoms with Crippen LogP contribution in [0.2, 0.25) is 0 Å². The number of likely N-dealkylation sites (N-methyl/N-ethyl adjacent to an activating group) is 1. The SMILES string of the molecule is CCNC(=O)C(C)N(Cc1ccccc1F)C(=O)CCSCc1ccccc1. The maximum atomic E-state index is 14.1. The Labute approximate surface area is 170 Å². The number of nitrogens with zero attached hydrogens (tertiary/aromatic N) is 1. The van der Waals surface area contributed by atoms with Crippen molar-refractivity contribution >= 4 is 23.6 Å². The number of carbonyl (C=O) groups is 2. The minimum atomic E-state index is -0.661. The molecule has 6 heteroatoms. The van der Waals surface area contributed by atoms with E-state index in [0.717, 1.165) is 5.75 Å². The van der Waals surface area contributed by atoms with Crippen LogP contribution in [-0.4, -0.2) is 35.1 Å². The highest BCUT2D eigenvalue weighted by Gasteiger charge is 2.26. The van der Waals surface area contributed by atoms with Gasteiger partial charge < -0.3 is 10.2 Å². The number of rotatable bonds is 10. The summed E-state index contributed by atoms with van der Waals surface area (Å²) >= 11 is 1.67. The van der Waals surface area contributed by atoms with Crippen molar-refractivity contribution in [3.63, 3.8) is 0 Å². The fourth-order valence-corrected chi connectivity index (χ4v) is 3.67. The van der Waals surface area contributed by atoms with Crippen molar-refractivity contribution in [2.75, 3.05) is 12.3 Å². The van der Waals surface area contributed by atoms with Crippen LogP contribution in [0.1, 0.15) is 31.4 Å². The van der Waals surface area contributed by atoms with Gasteiger partial charge in [-0.3, -0.25) is 9.59 Å². The van der Waals surface area contributed by atoms with Gasteiger partial charge in [0.1, 0.15) is 11.9 Å². The van der Waals surface area contributed by atoms with Crippen LogP contribution < -0.4 is 5.32 Å². The molecule has 0 aliphatic carbocycles. The summed E-state index contributed by atoms with van der Waals surface area (Å²) in [5.41, 5.74) is 1.61. The fourth-order valence-electron chi connectivity index (χ4n) is 2.78. The van der Waals surface area contributed by atoms with Gasteiger partial charge in [-0.05, 0) is 25.5 Å². The largest absolute Gasteiger partial charge is 0.355 e. The van der Waals surface area contributed by atoms with Crippen molar-refractivity contribution in [3.8, 4) is 0 Å². The molecule has 0 radical (unpaired) electrons. The summed E-state index contributed by atoms with van der Waals surface area (Å²) < 4.78 is 14.1. The summed E-state index contributed by atoms with van der Waals surface area (Å²) in [5, 5.41) is 2.74. The number of nitrogens with one attached hydrogen (secondary N) is 1. The molecule has 2 rings (SSSR count). The zero-order chi connectivity index (χ0) is 20.4. The van der Waals surface area contributed by atoms with E-state index in [9.17, 15) is 14.0 Å². The average Bonchev–Trinajstić information content (AvgIpc) is 2.71. The van der Waals surface area contributed by atoms with Gasteiger partial charge >= 0.3 is 0 Å². The predicted molar refractivity (Wildman–Crippen MR) is 112 cm³/mol. The minimum Gasteiger partial charge on any atom is -0.355 e. The molecule has 0 fully saturated rings. The lowest BCUT2D eigenvalue weighted by molar-refractivity contribution is -0.140. The summed E-state index contributed by atoms with van der Waals surface area (Å²) in [7, 11) is 0. The molecule has 0 aliphatic heterocycles. The van der Waals surface area contributed by atoms with Crippen LogP contribution in [0.15, 0.2) is 54.6 Å². The molecule has 1 unspecified atom stereocenters. The summed E-state index contributed by atoms with van der Waals surface area (Å²) in [6.45, 7) is 4.07. The van der Waals surface area contributed by atoms with E-state index in [1.807, 2.05) is 25.1 Å². The average molecular weight is 403 g/mol. The van der Waals surface area contributed by atoms with Gasteiger partial charge in [0.2, 0.25) is 11.8 Å².